The summed E-state index contributed by atoms with van der Waals surface area (Å²) in [6, 6.07) is 0. The van der Waals surface area contributed by atoms with E-state index in [1.54, 1.807) is 30.8 Å². The van der Waals surface area contributed by atoms with Gasteiger partial charge in [0.1, 0.15) is 17.1 Å². The summed E-state index contributed by atoms with van der Waals surface area (Å²) in [5, 5.41) is 6.48. The van der Waals surface area contributed by atoms with E-state index in [1.165, 1.54) is 12.4 Å². The minimum atomic E-state index is -0.300. The molecule has 1 N–H and O–H groups in total. The van der Waals surface area contributed by atoms with Crippen molar-refractivity contribution in [3.8, 4) is 5.95 Å². The van der Waals surface area contributed by atoms with Crippen molar-refractivity contribution in [1.82, 2.24) is 24.7 Å². The molecule has 22 heavy (non-hydrogen) atoms. The Balaban J connectivity index is 1.80. The van der Waals surface area contributed by atoms with Crippen molar-refractivity contribution in [2.24, 2.45) is 0 Å². The number of amides is 1. The number of aryl methyl sites for hydroxylation is 3. The van der Waals surface area contributed by atoms with E-state index in [-0.39, 0.29) is 5.91 Å². The molecule has 3 aromatic heterocycles. The first-order chi connectivity index (χ1) is 10.6. The highest BCUT2D eigenvalue weighted by Crippen LogP contribution is 2.15. The number of rotatable bonds is 3. The Labute approximate surface area is 126 Å². The Morgan fingerprint density at radius 3 is 2.45 bits per heavy atom. The molecule has 112 valence electrons. The number of carbonyl (C=O) groups excluding carboxylic acids is 1. The lowest BCUT2D eigenvalue weighted by Gasteiger charge is -2.06. The first kappa shape index (κ1) is 13.9. The Kier molecular flexibility index (Phi) is 3.42. The van der Waals surface area contributed by atoms with Crippen molar-refractivity contribution in [3.05, 3.63) is 47.6 Å². The Hall–Kier alpha value is -3.03. The molecule has 0 radical (unpaired) electrons. The van der Waals surface area contributed by atoms with Crippen LogP contribution in [-0.2, 0) is 0 Å². The third-order valence-corrected chi connectivity index (χ3v) is 3.20. The molecule has 0 aliphatic rings. The monoisotopic (exact) mass is 298 g/mol. The molecular weight excluding hydrogens is 284 g/mol. The van der Waals surface area contributed by atoms with Crippen LogP contribution < -0.4 is 5.32 Å². The second-order valence-corrected chi connectivity index (χ2v) is 4.77. The molecule has 1 amide bonds. The largest absolute Gasteiger partial charge is 0.361 e. The normalized spacial score (nSPS) is 10.7. The predicted octanol–water partition coefficient (Wildman–Crippen LogP) is 1.83. The molecule has 0 saturated heterocycles. The molecule has 0 saturated carbocycles. The molecule has 3 rings (SSSR count). The minimum Gasteiger partial charge on any atom is -0.361 e. The number of imidazole rings is 1. The number of anilines is 1. The van der Waals surface area contributed by atoms with Gasteiger partial charge in [-0.1, -0.05) is 5.16 Å². The van der Waals surface area contributed by atoms with Crippen LogP contribution in [0.3, 0.4) is 0 Å². The van der Waals surface area contributed by atoms with E-state index in [2.05, 4.69) is 25.4 Å². The maximum absolute atomic E-state index is 12.2. The van der Waals surface area contributed by atoms with Crippen LogP contribution in [0.1, 0.15) is 27.6 Å². The van der Waals surface area contributed by atoms with E-state index in [0.29, 0.717) is 28.7 Å². The molecular formula is C14H14N6O2. The van der Waals surface area contributed by atoms with Crippen LogP contribution in [0.15, 0.2) is 29.3 Å². The fraction of sp³-hybridized carbons (Fsp3) is 0.214. The molecule has 8 heteroatoms. The van der Waals surface area contributed by atoms with Gasteiger partial charge in [-0.3, -0.25) is 9.36 Å². The number of aromatic nitrogens is 5. The fourth-order valence-electron chi connectivity index (χ4n) is 2.10. The summed E-state index contributed by atoms with van der Waals surface area (Å²) in [6.45, 7) is 5.26. The molecule has 0 atom stereocenters. The highest BCUT2D eigenvalue weighted by atomic mass is 16.5. The highest BCUT2D eigenvalue weighted by Gasteiger charge is 2.17. The predicted molar refractivity (Wildman–Crippen MR) is 77.8 cm³/mol. The minimum absolute atomic E-state index is 0.300. The van der Waals surface area contributed by atoms with Crippen LogP contribution in [0, 0.1) is 20.8 Å². The van der Waals surface area contributed by atoms with E-state index in [0.717, 1.165) is 5.82 Å². The van der Waals surface area contributed by atoms with E-state index >= 15 is 0 Å². The van der Waals surface area contributed by atoms with Gasteiger partial charge < -0.3 is 9.84 Å². The van der Waals surface area contributed by atoms with Gasteiger partial charge in [0, 0.05) is 12.4 Å². The first-order valence-electron chi connectivity index (χ1n) is 6.63. The lowest BCUT2D eigenvalue weighted by atomic mass is 10.2. The van der Waals surface area contributed by atoms with E-state index in [4.69, 9.17) is 4.52 Å². The average molecular weight is 298 g/mol. The quantitative estimate of drug-likeness (QED) is 0.792. The number of carbonyl (C=O) groups is 1. The highest BCUT2D eigenvalue weighted by molar-refractivity contribution is 6.05. The van der Waals surface area contributed by atoms with Gasteiger partial charge in [-0.25, -0.2) is 15.0 Å². The summed E-state index contributed by atoms with van der Waals surface area (Å²) in [6.07, 6.45) is 6.52. The van der Waals surface area contributed by atoms with E-state index in [9.17, 15) is 4.79 Å². The molecule has 0 bridgehead atoms. The van der Waals surface area contributed by atoms with Crippen LogP contribution in [0.25, 0.3) is 5.95 Å². The van der Waals surface area contributed by atoms with Crippen LogP contribution in [-0.4, -0.2) is 30.6 Å². The van der Waals surface area contributed by atoms with Crippen LogP contribution in [0.2, 0.25) is 0 Å². The third kappa shape index (κ3) is 2.46. The molecule has 3 aromatic rings. The summed E-state index contributed by atoms with van der Waals surface area (Å²) in [7, 11) is 0. The number of nitrogens with one attached hydrogen (secondary N) is 1. The van der Waals surface area contributed by atoms with Crippen molar-refractivity contribution in [2.45, 2.75) is 20.8 Å². The second-order valence-electron chi connectivity index (χ2n) is 4.77. The first-order valence-corrected chi connectivity index (χ1v) is 6.63. The molecule has 0 aliphatic carbocycles. The van der Waals surface area contributed by atoms with Crippen LogP contribution in [0.4, 0.5) is 5.69 Å². The molecule has 0 aromatic carbocycles. The topological polar surface area (TPSA) is 98.7 Å². The van der Waals surface area contributed by atoms with Gasteiger partial charge in [0.05, 0.1) is 23.8 Å². The molecule has 3 heterocycles. The van der Waals surface area contributed by atoms with Gasteiger partial charge in [0.25, 0.3) is 5.91 Å². The van der Waals surface area contributed by atoms with Crippen molar-refractivity contribution in [2.75, 3.05) is 5.32 Å². The van der Waals surface area contributed by atoms with Gasteiger partial charge >= 0.3 is 0 Å². The van der Waals surface area contributed by atoms with E-state index in [1.807, 2.05) is 6.92 Å². The van der Waals surface area contributed by atoms with Crippen LogP contribution >= 0.6 is 0 Å². The standard InChI is InChI=1S/C14H14N6O2/c1-8-12(9(2)22-19-8)13(21)18-11-6-16-14(17-7-11)20-5-4-15-10(20)3/h4-7H,1-3H3,(H,18,21). The summed E-state index contributed by atoms with van der Waals surface area (Å²) >= 11 is 0. The number of nitrogens with zero attached hydrogens (tertiary/aromatic N) is 5. The van der Waals surface area contributed by atoms with Crippen molar-refractivity contribution in [1.29, 1.82) is 0 Å². The van der Waals surface area contributed by atoms with Crippen LogP contribution in [0.5, 0.6) is 0 Å². The summed E-state index contributed by atoms with van der Waals surface area (Å²) in [5.74, 6) is 1.45. The number of hydrogen-bond donors (Lipinski definition) is 1. The van der Waals surface area contributed by atoms with Gasteiger partial charge in [0.15, 0.2) is 0 Å². The van der Waals surface area contributed by atoms with E-state index < -0.39 is 0 Å². The summed E-state index contributed by atoms with van der Waals surface area (Å²) in [5.41, 5.74) is 1.46. The van der Waals surface area contributed by atoms with Crippen molar-refractivity contribution in [3.63, 3.8) is 0 Å². The second kappa shape index (κ2) is 5.40. The summed E-state index contributed by atoms with van der Waals surface area (Å²) < 4.78 is 6.73. The molecule has 0 spiro atoms. The molecule has 0 fully saturated rings. The third-order valence-electron chi connectivity index (χ3n) is 3.20. The Morgan fingerprint density at radius 2 is 1.91 bits per heavy atom. The Bertz CT molecular complexity index is 799. The zero-order chi connectivity index (χ0) is 15.7. The lowest BCUT2D eigenvalue weighted by molar-refractivity contribution is 0.102. The van der Waals surface area contributed by atoms with Crippen molar-refractivity contribution >= 4 is 11.6 Å². The molecule has 8 nitrogen and oxygen atoms in total. The smallest absolute Gasteiger partial charge is 0.261 e. The number of hydrogen-bond acceptors (Lipinski definition) is 6. The van der Waals surface area contributed by atoms with Gasteiger partial charge in [0.2, 0.25) is 5.95 Å². The van der Waals surface area contributed by atoms with Gasteiger partial charge in [-0.05, 0) is 20.8 Å². The maximum atomic E-state index is 12.2. The fourth-order valence-corrected chi connectivity index (χ4v) is 2.10. The maximum Gasteiger partial charge on any atom is 0.261 e. The zero-order valence-electron chi connectivity index (χ0n) is 12.4. The molecule has 0 aliphatic heterocycles. The SMILES string of the molecule is Cc1noc(C)c1C(=O)Nc1cnc(-n2ccnc2C)nc1. The van der Waals surface area contributed by atoms with Crippen molar-refractivity contribution < 1.29 is 9.32 Å². The lowest BCUT2D eigenvalue weighted by Crippen LogP contribution is -2.14. The Morgan fingerprint density at radius 1 is 1.18 bits per heavy atom. The molecule has 0 unspecified atom stereocenters. The average Bonchev–Trinajstić information content (AvgIpc) is 3.06. The van der Waals surface area contributed by atoms with Gasteiger partial charge in [-0.2, -0.15) is 0 Å². The zero-order valence-corrected chi connectivity index (χ0v) is 12.4. The summed E-state index contributed by atoms with van der Waals surface area (Å²) in [4.78, 5) is 24.8. The van der Waals surface area contributed by atoms with Gasteiger partial charge in [-0.15, -0.1) is 0 Å².